The van der Waals surface area contributed by atoms with E-state index >= 15 is 0 Å². The maximum Gasteiger partial charge on any atom is 0.537 e. The van der Waals surface area contributed by atoms with Gasteiger partial charge < -0.3 is 0 Å². The minimum atomic E-state index is -4.55. The molecule has 0 heterocycles. The van der Waals surface area contributed by atoms with Crippen molar-refractivity contribution in [2.75, 3.05) is 6.61 Å². The van der Waals surface area contributed by atoms with Crippen molar-refractivity contribution in [1.82, 2.24) is 0 Å². The van der Waals surface area contributed by atoms with Gasteiger partial charge in [-0.15, -0.1) is 0 Å². The van der Waals surface area contributed by atoms with Crippen LogP contribution in [0.3, 0.4) is 0 Å². The number of hydrogen-bond acceptors (Lipinski definition) is 4. The summed E-state index contributed by atoms with van der Waals surface area (Å²) in [6, 6.07) is 0. The number of halogens is 2. The van der Waals surface area contributed by atoms with Crippen LogP contribution in [0.4, 0.5) is 9.05 Å². The van der Waals surface area contributed by atoms with E-state index in [1.54, 1.807) is 0 Å². The van der Waals surface area contributed by atoms with E-state index in [9.17, 15) is 13.6 Å². The van der Waals surface area contributed by atoms with Crippen LogP contribution in [-0.4, -0.2) is 6.61 Å². The average molecular weight is 204 g/mol. The van der Waals surface area contributed by atoms with Gasteiger partial charge in [0.1, 0.15) is 0 Å². The van der Waals surface area contributed by atoms with Gasteiger partial charge in [-0.3, -0.25) is 4.52 Å². The fraction of sp³-hybridized carbons (Fsp3) is 1.00. The van der Waals surface area contributed by atoms with Crippen molar-refractivity contribution in [3.63, 3.8) is 0 Å². The van der Waals surface area contributed by atoms with Gasteiger partial charge >= 0.3 is 7.82 Å². The predicted molar refractivity (Wildman–Crippen MR) is 37.5 cm³/mol. The van der Waals surface area contributed by atoms with Crippen molar-refractivity contribution in [3.8, 4) is 0 Å². The minimum Gasteiger partial charge on any atom is -0.283 e. The Morgan fingerprint density at radius 1 is 1.25 bits per heavy atom. The van der Waals surface area contributed by atoms with Gasteiger partial charge in [-0.1, -0.05) is 29.2 Å². The van der Waals surface area contributed by atoms with Crippen molar-refractivity contribution in [3.05, 3.63) is 0 Å². The molecule has 0 N–H and O–H groups in total. The molecule has 12 heavy (non-hydrogen) atoms. The molecule has 0 saturated carbocycles. The Morgan fingerprint density at radius 3 is 2.25 bits per heavy atom. The van der Waals surface area contributed by atoms with Gasteiger partial charge in [-0.2, -0.15) is 0 Å². The third kappa shape index (κ3) is 4.77. The lowest BCUT2D eigenvalue weighted by molar-refractivity contribution is -0.118. The third-order valence-corrected chi connectivity index (χ3v) is 2.00. The Hall–Kier alpha value is -0.0300. The molecular formula is C5H11F2O4P. The maximum absolute atomic E-state index is 11.3. The summed E-state index contributed by atoms with van der Waals surface area (Å²) in [4.78, 5) is 0. The molecule has 0 aliphatic rings. The fourth-order valence-electron chi connectivity index (χ4n) is 0.579. The van der Waals surface area contributed by atoms with Crippen molar-refractivity contribution in [2.24, 2.45) is 0 Å². The quantitative estimate of drug-likeness (QED) is 0.472. The van der Waals surface area contributed by atoms with E-state index in [0.29, 0.717) is 6.42 Å². The predicted octanol–water partition coefficient (Wildman–Crippen LogP) is 3.10. The van der Waals surface area contributed by atoms with Crippen LogP contribution < -0.4 is 0 Å². The SMILES string of the molecule is CCCCCOP(=O)(OF)OF. The molecule has 0 aromatic carbocycles. The zero-order valence-electron chi connectivity index (χ0n) is 6.66. The minimum absolute atomic E-state index is 0.0566. The lowest BCUT2D eigenvalue weighted by Crippen LogP contribution is -1.93. The van der Waals surface area contributed by atoms with E-state index in [0.717, 1.165) is 12.8 Å². The highest BCUT2D eigenvalue weighted by Crippen LogP contribution is 2.50. The highest BCUT2D eigenvalue weighted by molar-refractivity contribution is 7.48. The molecule has 4 nitrogen and oxygen atoms in total. The largest absolute Gasteiger partial charge is 0.537 e. The maximum atomic E-state index is 11.3. The number of hydrogen-bond donors (Lipinski definition) is 0. The summed E-state index contributed by atoms with van der Waals surface area (Å²) >= 11 is 0. The smallest absolute Gasteiger partial charge is 0.283 e. The van der Waals surface area contributed by atoms with Crippen molar-refractivity contribution in [1.29, 1.82) is 0 Å². The molecule has 0 aliphatic carbocycles. The van der Waals surface area contributed by atoms with Crippen molar-refractivity contribution >= 4 is 7.82 Å². The number of phosphoric acid groups is 1. The first kappa shape index (κ1) is 12.0. The second kappa shape index (κ2) is 6.48. The van der Waals surface area contributed by atoms with E-state index in [2.05, 4.69) is 14.0 Å². The molecule has 0 aromatic rings. The van der Waals surface area contributed by atoms with Crippen LogP contribution in [0, 0.1) is 0 Å². The molecule has 0 aromatic heterocycles. The average Bonchev–Trinajstić information content (AvgIpc) is 2.12. The van der Waals surface area contributed by atoms with Crippen LogP contribution >= 0.6 is 7.82 Å². The van der Waals surface area contributed by atoms with Crippen LogP contribution in [0.15, 0.2) is 0 Å². The lowest BCUT2D eigenvalue weighted by Gasteiger charge is -2.06. The Balaban J connectivity index is 3.52. The van der Waals surface area contributed by atoms with Gasteiger partial charge in [0.15, 0.2) is 0 Å². The highest BCUT2D eigenvalue weighted by atomic mass is 31.2. The molecular weight excluding hydrogens is 193 g/mol. The first-order valence-electron chi connectivity index (χ1n) is 3.53. The van der Waals surface area contributed by atoms with Crippen LogP contribution in [-0.2, 0) is 18.5 Å². The summed E-state index contributed by atoms with van der Waals surface area (Å²) < 4.78 is 42.7. The Labute approximate surface area is 69.2 Å². The van der Waals surface area contributed by atoms with E-state index < -0.39 is 7.82 Å². The van der Waals surface area contributed by atoms with E-state index in [-0.39, 0.29) is 6.61 Å². The number of rotatable bonds is 7. The van der Waals surface area contributed by atoms with Gasteiger partial charge in [-0.25, -0.2) is 4.57 Å². The summed E-state index contributed by atoms with van der Waals surface area (Å²) in [7, 11) is -4.55. The molecule has 7 heteroatoms. The fourth-order valence-corrected chi connectivity index (χ4v) is 1.03. The normalized spacial score (nSPS) is 11.9. The summed E-state index contributed by atoms with van der Waals surface area (Å²) in [5.74, 6) is 0. The second-order valence-corrected chi connectivity index (χ2v) is 3.55. The zero-order chi connectivity index (χ0) is 9.45. The Kier molecular flexibility index (Phi) is 6.47. The molecule has 0 spiro atoms. The van der Waals surface area contributed by atoms with E-state index in [4.69, 9.17) is 0 Å². The van der Waals surface area contributed by atoms with E-state index in [1.165, 1.54) is 0 Å². The third-order valence-electron chi connectivity index (χ3n) is 1.17. The van der Waals surface area contributed by atoms with Crippen LogP contribution in [0.25, 0.3) is 0 Å². The molecule has 0 aliphatic heterocycles. The molecule has 0 rings (SSSR count). The van der Waals surface area contributed by atoms with Crippen LogP contribution in [0.2, 0.25) is 0 Å². The molecule has 0 unspecified atom stereocenters. The topological polar surface area (TPSA) is 44.8 Å². The summed E-state index contributed by atoms with van der Waals surface area (Å²) in [5, 5.41) is 0. The summed E-state index contributed by atoms with van der Waals surface area (Å²) in [6.45, 7) is 1.88. The summed E-state index contributed by atoms with van der Waals surface area (Å²) in [6.07, 6.45) is 2.28. The van der Waals surface area contributed by atoms with Crippen molar-refractivity contribution in [2.45, 2.75) is 26.2 Å². The van der Waals surface area contributed by atoms with Gasteiger partial charge in [0.25, 0.3) is 0 Å². The monoisotopic (exact) mass is 204 g/mol. The highest BCUT2D eigenvalue weighted by Gasteiger charge is 2.29. The van der Waals surface area contributed by atoms with Gasteiger partial charge in [0, 0.05) is 0 Å². The second-order valence-electron chi connectivity index (χ2n) is 2.13. The summed E-state index contributed by atoms with van der Waals surface area (Å²) in [5.41, 5.74) is 0. The van der Waals surface area contributed by atoms with Crippen LogP contribution in [0.1, 0.15) is 26.2 Å². The molecule has 0 bridgehead atoms. The van der Waals surface area contributed by atoms with E-state index in [1.807, 2.05) is 6.92 Å². The van der Waals surface area contributed by atoms with Crippen molar-refractivity contribution < 1.29 is 27.6 Å². The first-order chi connectivity index (χ1) is 5.68. The van der Waals surface area contributed by atoms with Gasteiger partial charge in [0.05, 0.1) is 6.61 Å². The Morgan fingerprint density at radius 2 is 1.83 bits per heavy atom. The molecule has 0 fully saturated rings. The molecule has 74 valence electrons. The van der Waals surface area contributed by atoms with Gasteiger partial charge in [0.2, 0.25) is 0 Å². The molecule has 0 radical (unpaired) electrons. The molecule has 0 atom stereocenters. The Bertz CT molecular complexity index is 146. The number of unbranched alkanes of at least 4 members (excludes halogenated alkanes) is 2. The zero-order valence-corrected chi connectivity index (χ0v) is 7.56. The standard InChI is InChI=1S/C5H11F2O4P/c1-2-3-4-5-9-12(8,10-6)11-7/h2-5H2,1H3. The first-order valence-corrected chi connectivity index (χ1v) is 5.00. The lowest BCUT2D eigenvalue weighted by atomic mass is 10.3. The van der Waals surface area contributed by atoms with Crippen LogP contribution in [0.5, 0.6) is 0 Å². The molecule has 0 saturated heterocycles. The van der Waals surface area contributed by atoms with Gasteiger partial charge in [-0.05, 0) is 15.5 Å². The molecule has 0 amide bonds.